The maximum atomic E-state index is 14.9. The van der Waals surface area contributed by atoms with Gasteiger partial charge < -0.3 is 9.13 Å². The van der Waals surface area contributed by atoms with Gasteiger partial charge in [0, 0.05) is 21.5 Å². The zero-order valence-corrected chi connectivity index (χ0v) is 31.6. The minimum Gasteiger partial charge on any atom is -0.308 e. The van der Waals surface area contributed by atoms with Crippen LogP contribution in [0.15, 0.2) is 115 Å². The molecule has 0 aliphatic carbocycles. The fourth-order valence-corrected chi connectivity index (χ4v) is 7.84. The van der Waals surface area contributed by atoms with Gasteiger partial charge in [-0.1, -0.05) is 96.1 Å². The monoisotopic (exact) mass is 757 g/mol. The number of rotatable bonds is 3. The molecule has 0 saturated heterocycles. The van der Waals surface area contributed by atoms with Crippen LogP contribution in [0.1, 0.15) is 69.4 Å². The summed E-state index contributed by atoms with van der Waals surface area (Å²) in [6.45, 7) is 12.6. The number of aromatic nitrogens is 2. The van der Waals surface area contributed by atoms with Crippen molar-refractivity contribution in [3.05, 3.63) is 143 Å². The van der Waals surface area contributed by atoms with Crippen molar-refractivity contribution in [1.29, 1.82) is 5.26 Å². The number of nitrogens with zero attached hydrogens (tertiary/aromatic N) is 3. The molecule has 282 valence electrons. The van der Waals surface area contributed by atoms with Crippen LogP contribution in [0.25, 0.3) is 66.1 Å². The molecule has 0 atom stereocenters. The number of para-hydroxylation sites is 2. The molecule has 9 heteroatoms. The van der Waals surface area contributed by atoms with Crippen LogP contribution in [0.3, 0.4) is 0 Å². The number of benzene rings is 6. The van der Waals surface area contributed by atoms with Crippen LogP contribution in [-0.4, -0.2) is 9.13 Å². The highest BCUT2D eigenvalue weighted by atomic mass is 19.4. The molecule has 0 radical (unpaired) electrons. The summed E-state index contributed by atoms with van der Waals surface area (Å²) >= 11 is 0. The molecule has 0 amide bonds. The van der Waals surface area contributed by atoms with E-state index in [4.69, 9.17) is 0 Å². The quantitative estimate of drug-likeness (QED) is 0.165. The van der Waals surface area contributed by atoms with E-state index in [1.165, 1.54) is 12.1 Å². The van der Waals surface area contributed by atoms with Gasteiger partial charge in [0.2, 0.25) is 0 Å². The van der Waals surface area contributed by atoms with Crippen molar-refractivity contribution in [2.45, 2.75) is 64.7 Å². The van der Waals surface area contributed by atoms with Crippen molar-refractivity contribution < 1.29 is 26.3 Å². The highest BCUT2D eigenvalue weighted by Crippen LogP contribution is 2.45. The first-order valence-electron chi connectivity index (χ1n) is 18.2. The lowest BCUT2D eigenvalue weighted by molar-refractivity contribution is -0.142. The molecule has 56 heavy (non-hydrogen) atoms. The van der Waals surface area contributed by atoms with E-state index >= 15 is 0 Å². The second-order valence-electron chi connectivity index (χ2n) is 16.4. The Labute approximate surface area is 320 Å². The summed E-state index contributed by atoms with van der Waals surface area (Å²) in [7, 11) is 0. The summed E-state index contributed by atoms with van der Waals surface area (Å²) in [5.41, 5.74) is 2.13. The van der Waals surface area contributed by atoms with Crippen molar-refractivity contribution in [2.75, 3.05) is 0 Å². The molecule has 2 aromatic heterocycles. The maximum Gasteiger partial charge on any atom is 0.417 e. The van der Waals surface area contributed by atoms with Crippen molar-refractivity contribution in [3.63, 3.8) is 0 Å². The zero-order valence-electron chi connectivity index (χ0n) is 31.6. The molecule has 0 unspecified atom stereocenters. The first-order valence-corrected chi connectivity index (χ1v) is 18.2. The molecule has 0 N–H and O–H groups in total. The lowest BCUT2D eigenvalue weighted by atomic mass is 9.86. The summed E-state index contributed by atoms with van der Waals surface area (Å²) in [5, 5.41) is 14.7. The van der Waals surface area contributed by atoms with E-state index in [-0.39, 0.29) is 28.0 Å². The van der Waals surface area contributed by atoms with Crippen molar-refractivity contribution in [2.24, 2.45) is 0 Å². The summed E-state index contributed by atoms with van der Waals surface area (Å²) in [4.78, 5) is 0. The van der Waals surface area contributed by atoms with Crippen LogP contribution >= 0.6 is 0 Å². The molecule has 0 spiro atoms. The van der Waals surface area contributed by atoms with Crippen molar-refractivity contribution in [3.8, 4) is 28.6 Å². The predicted molar refractivity (Wildman–Crippen MR) is 213 cm³/mol. The molecule has 0 aliphatic heterocycles. The lowest BCUT2D eigenvalue weighted by Gasteiger charge is -2.21. The number of halogens is 6. The van der Waals surface area contributed by atoms with E-state index in [0.717, 1.165) is 49.8 Å². The van der Waals surface area contributed by atoms with E-state index in [0.29, 0.717) is 28.5 Å². The highest BCUT2D eigenvalue weighted by Gasteiger charge is 2.39. The zero-order chi connectivity index (χ0) is 40.1. The Morgan fingerprint density at radius 2 is 0.893 bits per heavy atom. The van der Waals surface area contributed by atoms with Crippen LogP contribution in [0.2, 0.25) is 0 Å². The Balaban J connectivity index is 1.56. The molecule has 0 bridgehead atoms. The van der Waals surface area contributed by atoms with Crippen LogP contribution < -0.4 is 0 Å². The van der Waals surface area contributed by atoms with E-state index in [2.05, 4.69) is 59.7 Å². The van der Waals surface area contributed by atoms with Gasteiger partial charge in [0.15, 0.2) is 0 Å². The molecule has 6 aromatic carbocycles. The Morgan fingerprint density at radius 1 is 0.464 bits per heavy atom. The normalized spacial score (nSPS) is 13.0. The molecule has 8 rings (SSSR count). The fraction of sp³-hybridized carbons (Fsp3) is 0.213. The van der Waals surface area contributed by atoms with Crippen LogP contribution in [-0.2, 0) is 23.2 Å². The fourth-order valence-electron chi connectivity index (χ4n) is 7.84. The van der Waals surface area contributed by atoms with Gasteiger partial charge in [-0.25, -0.2) is 0 Å². The predicted octanol–water partition coefficient (Wildman–Crippen LogP) is 14.1. The third kappa shape index (κ3) is 5.99. The second kappa shape index (κ2) is 12.5. The highest BCUT2D eigenvalue weighted by molar-refractivity contribution is 6.11. The molecular weight excluding hydrogens is 721 g/mol. The maximum absolute atomic E-state index is 14.9. The summed E-state index contributed by atoms with van der Waals surface area (Å²) in [6.07, 6.45) is -10.1. The lowest BCUT2D eigenvalue weighted by Crippen LogP contribution is -2.13. The number of alkyl halides is 6. The number of fused-ring (bicyclic) bond motifs is 6. The first-order chi connectivity index (χ1) is 26.3. The van der Waals surface area contributed by atoms with Gasteiger partial charge >= 0.3 is 12.4 Å². The molecule has 3 nitrogen and oxygen atoms in total. The molecule has 0 aliphatic rings. The second-order valence-corrected chi connectivity index (χ2v) is 16.4. The third-order valence-electron chi connectivity index (χ3n) is 10.7. The van der Waals surface area contributed by atoms with Crippen molar-refractivity contribution >= 4 is 43.6 Å². The number of hydrogen-bond acceptors (Lipinski definition) is 1. The van der Waals surface area contributed by atoms with E-state index in [1.807, 2.05) is 81.9 Å². The number of nitriles is 1. The van der Waals surface area contributed by atoms with E-state index < -0.39 is 29.0 Å². The Bertz CT molecular complexity index is 2770. The minimum atomic E-state index is -5.13. The average molecular weight is 758 g/mol. The molecular formula is C47H37F6N3. The minimum absolute atomic E-state index is 0.00420. The van der Waals surface area contributed by atoms with Gasteiger partial charge in [0.25, 0.3) is 0 Å². The summed E-state index contributed by atoms with van der Waals surface area (Å²) in [5.74, 6) is 0. The van der Waals surface area contributed by atoms with Gasteiger partial charge in [-0.15, -0.1) is 0 Å². The Kier molecular flexibility index (Phi) is 8.25. The van der Waals surface area contributed by atoms with Gasteiger partial charge in [-0.05, 0) is 93.7 Å². The van der Waals surface area contributed by atoms with Crippen LogP contribution in [0.4, 0.5) is 26.3 Å². The van der Waals surface area contributed by atoms with Gasteiger partial charge in [0.05, 0.1) is 44.6 Å². The first kappa shape index (κ1) is 36.9. The number of hydrogen-bond donors (Lipinski definition) is 0. The smallest absolute Gasteiger partial charge is 0.308 e. The van der Waals surface area contributed by atoms with Gasteiger partial charge in [0.1, 0.15) is 11.6 Å². The molecule has 0 saturated carbocycles. The van der Waals surface area contributed by atoms with Gasteiger partial charge in [-0.3, -0.25) is 0 Å². The summed E-state index contributed by atoms with van der Waals surface area (Å²) in [6, 6.07) is 34.5. The molecule has 8 aromatic rings. The SMILES string of the molecule is CC(C)(C)c1ccc2c(c1)c1ccccc1n2-c1cc(-c2ccc(C(F)(F)F)cc2C(F)(F)F)cc(-n2c3ccccc3c3cc(C(C)(C)C)ccc32)c1C#N. The standard InChI is InChI=1S/C47H37F6N3/c1-44(2,3)28-16-19-40-34(23-28)32-11-7-9-13-38(32)55(40)42-21-27(31-18-15-30(46(48,49)50)25-37(31)47(51,52)53)22-43(36(42)26-54)56-39-14-10-8-12-33(39)35-24-29(45(4,5)6)17-20-41(35)56/h7-25H,1-6H3. The molecule has 0 fully saturated rings. The van der Waals surface area contributed by atoms with E-state index in [9.17, 15) is 31.6 Å². The summed E-state index contributed by atoms with van der Waals surface area (Å²) < 4.78 is 90.0. The van der Waals surface area contributed by atoms with Crippen LogP contribution in [0.5, 0.6) is 0 Å². The Hall–Kier alpha value is -6.01. The topological polar surface area (TPSA) is 33.6 Å². The van der Waals surface area contributed by atoms with Crippen molar-refractivity contribution in [1.82, 2.24) is 9.13 Å². The Morgan fingerprint density at radius 3 is 1.30 bits per heavy atom. The van der Waals surface area contributed by atoms with E-state index in [1.54, 1.807) is 0 Å². The largest absolute Gasteiger partial charge is 0.417 e. The third-order valence-corrected chi connectivity index (χ3v) is 10.7. The van der Waals surface area contributed by atoms with Crippen LogP contribution in [0, 0.1) is 11.3 Å². The molecule has 2 heterocycles. The average Bonchev–Trinajstić information content (AvgIpc) is 3.65. The van der Waals surface area contributed by atoms with Gasteiger partial charge in [-0.2, -0.15) is 31.6 Å².